The molecule has 0 bridgehead atoms. The molecule has 0 aliphatic heterocycles. The molecule has 0 aliphatic carbocycles. The van der Waals surface area contributed by atoms with Crippen molar-refractivity contribution in [3.8, 4) is 0 Å². The van der Waals surface area contributed by atoms with Crippen LogP contribution in [0.4, 0.5) is 0 Å². The molecular weight excluding hydrogens is 320 g/mol. The van der Waals surface area contributed by atoms with E-state index in [0.717, 1.165) is 10.2 Å². The standard InChI is InChI=1S/C14H19BrN4O/c1-11(13-5-2-3-6-14(13)15)16-9-12-10-19(18-17-12)7-4-8-20/h2-3,5-6,10-11,16,20H,4,7-9H2,1H3/t11-/m1/s1. The summed E-state index contributed by atoms with van der Waals surface area (Å²) in [6.07, 6.45) is 2.61. The van der Waals surface area contributed by atoms with E-state index in [0.29, 0.717) is 19.5 Å². The molecular formula is C14H19BrN4O. The number of nitrogens with zero attached hydrogens (tertiary/aromatic N) is 3. The van der Waals surface area contributed by atoms with Crippen molar-refractivity contribution in [2.75, 3.05) is 6.61 Å². The lowest BCUT2D eigenvalue weighted by Crippen LogP contribution is -2.18. The first-order valence-corrected chi connectivity index (χ1v) is 7.47. The molecule has 0 saturated carbocycles. The van der Waals surface area contributed by atoms with Crippen LogP contribution in [0.3, 0.4) is 0 Å². The number of aromatic nitrogens is 3. The van der Waals surface area contributed by atoms with Crippen LogP contribution in [0.15, 0.2) is 34.9 Å². The molecule has 1 aromatic carbocycles. The lowest BCUT2D eigenvalue weighted by molar-refractivity contribution is 0.276. The number of hydrogen-bond acceptors (Lipinski definition) is 4. The molecule has 2 aromatic rings. The molecule has 0 unspecified atom stereocenters. The van der Waals surface area contributed by atoms with E-state index in [4.69, 9.17) is 5.11 Å². The van der Waals surface area contributed by atoms with E-state index in [1.54, 1.807) is 4.68 Å². The van der Waals surface area contributed by atoms with E-state index in [1.807, 2.05) is 24.4 Å². The fourth-order valence-electron chi connectivity index (χ4n) is 1.96. The summed E-state index contributed by atoms with van der Waals surface area (Å²) in [6, 6.07) is 8.41. The zero-order valence-corrected chi connectivity index (χ0v) is 13.0. The second-order valence-corrected chi connectivity index (χ2v) is 5.53. The molecule has 5 nitrogen and oxygen atoms in total. The summed E-state index contributed by atoms with van der Waals surface area (Å²) in [7, 11) is 0. The number of aryl methyl sites for hydroxylation is 1. The van der Waals surface area contributed by atoms with Gasteiger partial charge in [0.15, 0.2) is 0 Å². The monoisotopic (exact) mass is 338 g/mol. The highest BCUT2D eigenvalue weighted by Gasteiger charge is 2.09. The van der Waals surface area contributed by atoms with Crippen molar-refractivity contribution < 1.29 is 5.11 Å². The molecule has 0 radical (unpaired) electrons. The van der Waals surface area contributed by atoms with E-state index in [9.17, 15) is 0 Å². The van der Waals surface area contributed by atoms with Crippen molar-refractivity contribution in [3.05, 3.63) is 46.2 Å². The second kappa shape index (κ2) is 7.52. The van der Waals surface area contributed by atoms with Gasteiger partial charge in [0.2, 0.25) is 0 Å². The van der Waals surface area contributed by atoms with Gasteiger partial charge in [0.05, 0.1) is 5.69 Å². The fourth-order valence-corrected chi connectivity index (χ4v) is 2.58. The minimum absolute atomic E-state index is 0.173. The number of benzene rings is 1. The Balaban J connectivity index is 1.88. The van der Waals surface area contributed by atoms with E-state index in [1.165, 1.54) is 5.56 Å². The number of rotatable bonds is 7. The molecule has 0 fully saturated rings. The van der Waals surface area contributed by atoms with Crippen LogP contribution in [0.5, 0.6) is 0 Å². The Morgan fingerprint density at radius 1 is 1.40 bits per heavy atom. The molecule has 2 N–H and O–H groups in total. The first-order valence-electron chi connectivity index (χ1n) is 6.68. The van der Waals surface area contributed by atoms with Crippen molar-refractivity contribution in [1.29, 1.82) is 0 Å². The summed E-state index contributed by atoms with van der Waals surface area (Å²) < 4.78 is 2.86. The summed E-state index contributed by atoms with van der Waals surface area (Å²) >= 11 is 3.56. The summed E-state index contributed by atoms with van der Waals surface area (Å²) in [5.74, 6) is 0. The summed E-state index contributed by atoms with van der Waals surface area (Å²) in [6.45, 7) is 3.66. The average molecular weight is 339 g/mol. The molecule has 2 rings (SSSR count). The van der Waals surface area contributed by atoms with Gasteiger partial charge in [-0.25, -0.2) is 0 Å². The summed E-state index contributed by atoms with van der Waals surface area (Å²) in [4.78, 5) is 0. The molecule has 0 amide bonds. The maximum atomic E-state index is 8.78. The van der Waals surface area contributed by atoms with Crippen LogP contribution in [0.2, 0.25) is 0 Å². The third-order valence-electron chi connectivity index (χ3n) is 3.09. The highest BCUT2D eigenvalue weighted by Crippen LogP contribution is 2.22. The Kier molecular flexibility index (Phi) is 5.70. The number of aliphatic hydroxyl groups excluding tert-OH is 1. The Morgan fingerprint density at radius 3 is 2.95 bits per heavy atom. The van der Waals surface area contributed by atoms with Crippen LogP contribution >= 0.6 is 15.9 Å². The van der Waals surface area contributed by atoms with Crippen molar-refractivity contribution in [2.45, 2.75) is 32.5 Å². The highest BCUT2D eigenvalue weighted by molar-refractivity contribution is 9.10. The lowest BCUT2D eigenvalue weighted by Gasteiger charge is -2.14. The smallest absolute Gasteiger partial charge is 0.0965 e. The van der Waals surface area contributed by atoms with Crippen LogP contribution in [-0.2, 0) is 13.1 Å². The van der Waals surface area contributed by atoms with Crippen LogP contribution < -0.4 is 5.32 Å². The Labute approximate surface area is 127 Å². The fraction of sp³-hybridized carbons (Fsp3) is 0.429. The van der Waals surface area contributed by atoms with Gasteiger partial charge < -0.3 is 10.4 Å². The predicted octanol–water partition coefficient (Wildman–Crippen LogP) is 2.27. The van der Waals surface area contributed by atoms with E-state index < -0.39 is 0 Å². The van der Waals surface area contributed by atoms with Crippen LogP contribution in [0.25, 0.3) is 0 Å². The Bertz CT molecular complexity index is 543. The number of aliphatic hydroxyl groups is 1. The number of nitrogens with one attached hydrogen (secondary N) is 1. The summed E-state index contributed by atoms with van der Waals surface area (Å²) in [5.41, 5.74) is 2.13. The van der Waals surface area contributed by atoms with Gasteiger partial charge in [0, 0.05) is 36.4 Å². The van der Waals surface area contributed by atoms with Crippen LogP contribution in [0.1, 0.15) is 30.6 Å². The van der Waals surface area contributed by atoms with Crippen LogP contribution in [0, 0.1) is 0 Å². The molecule has 1 atom stereocenters. The van der Waals surface area contributed by atoms with Gasteiger partial charge in [-0.1, -0.05) is 39.3 Å². The second-order valence-electron chi connectivity index (χ2n) is 4.67. The van der Waals surface area contributed by atoms with E-state index in [2.05, 4.69) is 44.5 Å². The number of halogens is 1. The SMILES string of the molecule is C[C@@H](NCc1cn(CCCO)nn1)c1ccccc1Br. The zero-order valence-electron chi connectivity index (χ0n) is 11.5. The van der Waals surface area contributed by atoms with Crippen molar-refractivity contribution in [3.63, 3.8) is 0 Å². The highest BCUT2D eigenvalue weighted by atomic mass is 79.9. The minimum Gasteiger partial charge on any atom is -0.396 e. The molecule has 1 aromatic heterocycles. The summed E-state index contributed by atoms with van der Waals surface area (Å²) in [5, 5.41) is 20.4. The maximum absolute atomic E-state index is 8.78. The van der Waals surface area contributed by atoms with Gasteiger partial charge >= 0.3 is 0 Å². The third kappa shape index (κ3) is 4.13. The predicted molar refractivity (Wildman–Crippen MR) is 81.1 cm³/mol. The van der Waals surface area contributed by atoms with Crippen LogP contribution in [-0.4, -0.2) is 26.7 Å². The molecule has 6 heteroatoms. The molecule has 0 saturated heterocycles. The molecule has 108 valence electrons. The van der Waals surface area contributed by atoms with Gasteiger partial charge in [0.1, 0.15) is 0 Å². The third-order valence-corrected chi connectivity index (χ3v) is 3.81. The zero-order chi connectivity index (χ0) is 14.4. The van der Waals surface area contributed by atoms with E-state index >= 15 is 0 Å². The lowest BCUT2D eigenvalue weighted by atomic mass is 10.1. The first kappa shape index (κ1) is 15.2. The van der Waals surface area contributed by atoms with Gasteiger partial charge in [-0.15, -0.1) is 5.10 Å². The largest absolute Gasteiger partial charge is 0.396 e. The minimum atomic E-state index is 0.173. The van der Waals surface area contributed by atoms with Gasteiger partial charge in [-0.05, 0) is 25.0 Å². The quantitative estimate of drug-likeness (QED) is 0.812. The van der Waals surface area contributed by atoms with Gasteiger partial charge in [0.25, 0.3) is 0 Å². The molecule has 20 heavy (non-hydrogen) atoms. The topological polar surface area (TPSA) is 63.0 Å². The van der Waals surface area contributed by atoms with Crippen molar-refractivity contribution in [2.24, 2.45) is 0 Å². The maximum Gasteiger partial charge on any atom is 0.0965 e. The van der Waals surface area contributed by atoms with Gasteiger partial charge in [-0.3, -0.25) is 4.68 Å². The first-order chi connectivity index (χ1) is 9.70. The number of hydrogen-bond donors (Lipinski definition) is 2. The molecule has 0 aliphatic rings. The molecule has 0 spiro atoms. The average Bonchev–Trinajstić information content (AvgIpc) is 2.91. The van der Waals surface area contributed by atoms with Crippen molar-refractivity contribution >= 4 is 15.9 Å². The van der Waals surface area contributed by atoms with Gasteiger partial charge in [-0.2, -0.15) is 0 Å². The van der Waals surface area contributed by atoms with Crippen molar-refractivity contribution in [1.82, 2.24) is 20.3 Å². The molecule has 1 heterocycles. The normalized spacial score (nSPS) is 12.6. The Hall–Kier alpha value is -1.24. The van der Waals surface area contributed by atoms with E-state index in [-0.39, 0.29) is 12.6 Å². The Morgan fingerprint density at radius 2 is 2.20 bits per heavy atom.